The normalized spacial score (nSPS) is 19.5. The summed E-state index contributed by atoms with van der Waals surface area (Å²) in [5, 5.41) is 9.64. The molecule has 0 radical (unpaired) electrons. The van der Waals surface area contributed by atoms with Gasteiger partial charge < -0.3 is 14.7 Å². The number of hydrogen-bond acceptors (Lipinski definition) is 3. The minimum atomic E-state index is -0.0489. The lowest BCUT2D eigenvalue weighted by atomic mass is 10.1. The number of hydrogen-bond donors (Lipinski definition) is 1. The molecule has 2 rings (SSSR count). The lowest BCUT2D eigenvalue weighted by molar-refractivity contribution is 0.00723. The molecule has 19 heavy (non-hydrogen) atoms. The molecule has 1 aromatic carbocycles. The van der Waals surface area contributed by atoms with Gasteiger partial charge in [0.25, 0.3) is 5.91 Å². The number of piperidine rings is 1. The maximum atomic E-state index is 12.4. The molecule has 0 aromatic heterocycles. The van der Waals surface area contributed by atoms with E-state index in [0.29, 0.717) is 23.2 Å². The fourth-order valence-electron chi connectivity index (χ4n) is 2.32. The van der Waals surface area contributed by atoms with Crippen molar-refractivity contribution in [3.63, 3.8) is 0 Å². The molecule has 1 N–H and O–H groups in total. The van der Waals surface area contributed by atoms with E-state index in [1.165, 1.54) is 6.07 Å². The number of phenolic OH excluding ortho intramolecular Hbond substituents is 1. The van der Waals surface area contributed by atoms with Crippen LogP contribution in [0.2, 0.25) is 0 Å². The Kier molecular flexibility index (Phi) is 4.82. The number of rotatable bonds is 3. The molecule has 1 heterocycles. The summed E-state index contributed by atoms with van der Waals surface area (Å²) in [6.45, 7) is 4.02. The van der Waals surface area contributed by atoms with Crippen molar-refractivity contribution in [3.8, 4) is 5.75 Å². The fourth-order valence-corrected chi connectivity index (χ4v) is 2.57. The first-order valence-corrected chi connectivity index (χ1v) is 7.30. The number of carbonyl (C=O) groups is 1. The minimum Gasteiger partial charge on any atom is -0.507 e. The monoisotopic (exact) mass is 327 g/mol. The predicted molar refractivity (Wildman–Crippen MR) is 76.4 cm³/mol. The van der Waals surface area contributed by atoms with Gasteiger partial charge in [-0.25, -0.2) is 0 Å². The Bertz CT molecular complexity index is 462. The summed E-state index contributed by atoms with van der Waals surface area (Å²) in [5.41, 5.74) is 0.512. The molecule has 1 amide bonds. The summed E-state index contributed by atoms with van der Waals surface area (Å²) in [6.07, 6.45) is 2.09. The number of nitrogens with zero attached hydrogens (tertiary/aromatic N) is 1. The second kappa shape index (κ2) is 6.39. The lowest BCUT2D eigenvalue weighted by Gasteiger charge is -2.32. The van der Waals surface area contributed by atoms with Crippen molar-refractivity contribution in [1.82, 2.24) is 4.90 Å². The van der Waals surface area contributed by atoms with Crippen molar-refractivity contribution in [3.05, 3.63) is 28.2 Å². The van der Waals surface area contributed by atoms with Gasteiger partial charge in [0.2, 0.25) is 0 Å². The first kappa shape index (κ1) is 14.3. The second-order valence-corrected chi connectivity index (χ2v) is 5.49. The van der Waals surface area contributed by atoms with Gasteiger partial charge in [0, 0.05) is 25.3 Å². The van der Waals surface area contributed by atoms with E-state index in [1.54, 1.807) is 17.0 Å². The average Bonchev–Trinajstić information content (AvgIpc) is 2.42. The Morgan fingerprint density at radius 2 is 2.37 bits per heavy atom. The molecule has 4 nitrogen and oxygen atoms in total. The zero-order valence-corrected chi connectivity index (χ0v) is 12.5. The third-order valence-electron chi connectivity index (χ3n) is 3.26. The van der Waals surface area contributed by atoms with Crippen LogP contribution in [0.1, 0.15) is 30.1 Å². The molecule has 5 heteroatoms. The van der Waals surface area contributed by atoms with Crippen LogP contribution in [0.3, 0.4) is 0 Å². The van der Waals surface area contributed by atoms with Crippen LogP contribution in [0.4, 0.5) is 0 Å². The molecular weight excluding hydrogens is 310 g/mol. The minimum absolute atomic E-state index is 0.0489. The Morgan fingerprint density at radius 1 is 1.58 bits per heavy atom. The van der Waals surface area contributed by atoms with Gasteiger partial charge in [-0.2, -0.15) is 0 Å². The van der Waals surface area contributed by atoms with E-state index in [1.807, 2.05) is 6.92 Å². The standard InChI is InChI=1S/C14H18BrNO3/c1-2-19-11-4-3-7-16(9-11)14(18)10-5-6-12(15)13(17)8-10/h5-6,8,11,17H,2-4,7,9H2,1H3. The van der Waals surface area contributed by atoms with E-state index >= 15 is 0 Å². The Morgan fingerprint density at radius 3 is 3.05 bits per heavy atom. The van der Waals surface area contributed by atoms with E-state index in [4.69, 9.17) is 4.74 Å². The van der Waals surface area contributed by atoms with Crippen LogP contribution in [0, 0.1) is 0 Å². The third-order valence-corrected chi connectivity index (χ3v) is 3.93. The summed E-state index contributed by atoms with van der Waals surface area (Å²) < 4.78 is 6.18. The van der Waals surface area contributed by atoms with Crippen molar-refractivity contribution < 1.29 is 14.6 Å². The van der Waals surface area contributed by atoms with Crippen LogP contribution < -0.4 is 0 Å². The topological polar surface area (TPSA) is 49.8 Å². The molecule has 0 bridgehead atoms. The Balaban J connectivity index is 2.08. The first-order valence-electron chi connectivity index (χ1n) is 6.51. The zero-order chi connectivity index (χ0) is 13.8. The Labute approximate surface area is 121 Å². The van der Waals surface area contributed by atoms with Crippen molar-refractivity contribution >= 4 is 21.8 Å². The summed E-state index contributed by atoms with van der Waals surface area (Å²) in [4.78, 5) is 14.2. The van der Waals surface area contributed by atoms with Crippen LogP contribution in [0.5, 0.6) is 5.75 Å². The highest BCUT2D eigenvalue weighted by molar-refractivity contribution is 9.10. The number of amides is 1. The molecule has 1 aromatic rings. The van der Waals surface area contributed by atoms with Gasteiger partial charge in [0.1, 0.15) is 5.75 Å². The predicted octanol–water partition coefficient (Wildman–Crippen LogP) is 2.80. The maximum Gasteiger partial charge on any atom is 0.254 e. The van der Waals surface area contributed by atoms with Crippen LogP contribution in [-0.2, 0) is 4.74 Å². The molecule has 1 unspecified atom stereocenters. The first-order chi connectivity index (χ1) is 9.11. The average molecular weight is 328 g/mol. The van der Waals surface area contributed by atoms with Crippen molar-refractivity contribution in [2.75, 3.05) is 19.7 Å². The maximum absolute atomic E-state index is 12.4. The largest absolute Gasteiger partial charge is 0.507 e. The van der Waals surface area contributed by atoms with Gasteiger partial charge in [-0.05, 0) is 53.9 Å². The second-order valence-electron chi connectivity index (χ2n) is 4.64. The van der Waals surface area contributed by atoms with Gasteiger partial charge >= 0.3 is 0 Å². The van der Waals surface area contributed by atoms with Crippen molar-refractivity contribution in [2.45, 2.75) is 25.9 Å². The highest BCUT2D eigenvalue weighted by atomic mass is 79.9. The number of halogens is 1. The van der Waals surface area contributed by atoms with Crippen LogP contribution in [0.25, 0.3) is 0 Å². The molecule has 104 valence electrons. The quantitative estimate of drug-likeness (QED) is 0.928. The van der Waals surface area contributed by atoms with E-state index in [9.17, 15) is 9.90 Å². The van der Waals surface area contributed by atoms with Crippen molar-refractivity contribution in [1.29, 1.82) is 0 Å². The SMILES string of the molecule is CCOC1CCCN(C(=O)c2ccc(Br)c(O)c2)C1. The molecule has 1 aliphatic rings. The summed E-state index contributed by atoms with van der Waals surface area (Å²) >= 11 is 3.21. The number of benzene rings is 1. The van der Waals surface area contributed by atoms with E-state index < -0.39 is 0 Å². The van der Waals surface area contributed by atoms with Gasteiger partial charge in [0.05, 0.1) is 10.6 Å². The number of aromatic hydroxyl groups is 1. The lowest BCUT2D eigenvalue weighted by Crippen LogP contribution is -2.43. The van der Waals surface area contributed by atoms with Gasteiger partial charge in [-0.15, -0.1) is 0 Å². The number of likely N-dealkylation sites (tertiary alicyclic amines) is 1. The number of ether oxygens (including phenoxy) is 1. The van der Waals surface area contributed by atoms with Crippen LogP contribution in [-0.4, -0.2) is 41.7 Å². The summed E-state index contributed by atoms with van der Waals surface area (Å²) in [7, 11) is 0. The third kappa shape index (κ3) is 3.48. The van der Waals surface area contributed by atoms with Gasteiger partial charge in [-0.3, -0.25) is 4.79 Å². The number of phenols is 1. The molecule has 0 aliphatic carbocycles. The van der Waals surface area contributed by atoms with Crippen LogP contribution >= 0.6 is 15.9 Å². The molecule has 1 saturated heterocycles. The summed E-state index contributed by atoms with van der Waals surface area (Å²) in [6, 6.07) is 4.90. The molecular formula is C14H18BrNO3. The van der Waals surface area contributed by atoms with Crippen LogP contribution in [0.15, 0.2) is 22.7 Å². The van der Waals surface area contributed by atoms with E-state index in [2.05, 4.69) is 15.9 Å². The fraction of sp³-hybridized carbons (Fsp3) is 0.500. The highest BCUT2D eigenvalue weighted by Gasteiger charge is 2.24. The van der Waals surface area contributed by atoms with Gasteiger partial charge in [0.15, 0.2) is 0 Å². The molecule has 1 atom stereocenters. The number of carbonyl (C=O) groups excluding carboxylic acids is 1. The van der Waals surface area contributed by atoms with E-state index in [-0.39, 0.29) is 17.8 Å². The molecule has 0 saturated carbocycles. The zero-order valence-electron chi connectivity index (χ0n) is 10.9. The van der Waals surface area contributed by atoms with E-state index in [0.717, 1.165) is 19.4 Å². The summed E-state index contributed by atoms with van der Waals surface area (Å²) in [5.74, 6) is 0.0384. The molecule has 0 spiro atoms. The Hall–Kier alpha value is -1.07. The van der Waals surface area contributed by atoms with Gasteiger partial charge in [-0.1, -0.05) is 0 Å². The molecule has 1 aliphatic heterocycles. The smallest absolute Gasteiger partial charge is 0.254 e. The highest BCUT2D eigenvalue weighted by Crippen LogP contribution is 2.25. The van der Waals surface area contributed by atoms with Crippen molar-refractivity contribution in [2.24, 2.45) is 0 Å². The molecule has 1 fully saturated rings.